The lowest BCUT2D eigenvalue weighted by atomic mass is 9.76. The maximum Gasteiger partial charge on any atom is 0.247 e. The summed E-state index contributed by atoms with van der Waals surface area (Å²) in [7, 11) is -0.204. The number of nitrogens with zero attached hydrogens (tertiary/aromatic N) is 3. The highest BCUT2D eigenvalue weighted by Gasteiger charge is 2.43. The van der Waals surface area contributed by atoms with Crippen LogP contribution in [0.4, 0.5) is 0 Å². The van der Waals surface area contributed by atoms with Crippen molar-refractivity contribution < 1.29 is 27.5 Å². The van der Waals surface area contributed by atoms with Gasteiger partial charge < -0.3 is 14.4 Å². The summed E-state index contributed by atoms with van der Waals surface area (Å²) < 4.78 is 33.8. The van der Waals surface area contributed by atoms with Gasteiger partial charge in [-0.1, -0.05) is 12.2 Å². The molecule has 0 aromatic heterocycles. The third-order valence-corrected chi connectivity index (χ3v) is 7.54. The summed E-state index contributed by atoms with van der Waals surface area (Å²) >= 11 is 0. The second-order valence-electron chi connectivity index (χ2n) is 9.08. The van der Waals surface area contributed by atoms with Crippen molar-refractivity contribution in [3.8, 4) is 11.5 Å². The molecule has 2 aliphatic heterocycles. The summed E-state index contributed by atoms with van der Waals surface area (Å²) in [5.41, 5.74) is 1.74. The number of allylic oxidation sites excluding steroid dienone is 2. The van der Waals surface area contributed by atoms with Gasteiger partial charge in [0.25, 0.3) is 0 Å². The summed E-state index contributed by atoms with van der Waals surface area (Å²) in [6.07, 6.45) is 7.74. The average Bonchev–Trinajstić information content (AvgIpc) is 2.83. The van der Waals surface area contributed by atoms with Crippen LogP contribution in [0.25, 0.3) is 0 Å². The Labute approximate surface area is 200 Å². The Hall–Kier alpha value is -2.88. The van der Waals surface area contributed by atoms with E-state index in [1.165, 1.54) is 0 Å². The lowest BCUT2D eigenvalue weighted by Gasteiger charge is -2.42. The Kier molecular flexibility index (Phi) is 6.97. The molecule has 0 spiro atoms. The molecule has 1 aromatic carbocycles. The zero-order valence-corrected chi connectivity index (χ0v) is 20.6. The van der Waals surface area contributed by atoms with Crippen LogP contribution in [0.5, 0.6) is 11.5 Å². The van der Waals surface area contributed by atoms with Crippen molar-refractivity contribution in [1.82, 2.24) is 9.91 Å². The molecule has 2 heterocycles. The maximum absolute atomic E-state index is 13.4. The van der Waals surface area contributed by atoms with Gasteiger partial charge >= 0.3 is 0 Å². The molecule has 184 valence electrons. The Morgan fingerprint density at radius 2 is 1.71 bits per heavy atom. The number of ether oxygens (including phenoxy) is 2. The number of benzene rings is 1. The van der Waals surface area contributed by atoms with Crippen LogP contribution in [-0.4, -0.2) is 81.2 Å². The molecule has 1 fully saturated rings. The van der Waals surface area contributed by atoms with Gasteiger partial charge in [0.1, 0.15) is 5.75 Å². The topological polar surface area (TPSA) is 106 Å². The van der Waals surface area contributed by atoms with E-state index in [4.69, 9.17) is 14.6 Å². The summed E-state index contributed by atoms with van der Waals surface area (Å²) in [5.74, 6) is 0.169. The first-order valence-corrected chi connectivity index (χ1v) is 13.5. The van der Waals surface area contributed by atoms with Gasteiger partial charge in [-0.25, -0.2) is 13.4 Å². The second-order valence-corrected chi connectivity index (χ2v) is 11.2. The van der Waals surface area contributed by atoms with Crippen LogP contribution in [0.15, 0.2) is 35.5 Å². The number of likely N-dealkylation sites (tertiary alicyclic amines) is 1. The standard InChI is InChI=1S/C24H31N3O6S/c1-32-20-9-8-16(14-21(20)33-2)23-18-6-4-5-7-19(18)24(29)27(25-23)17-10-12-26(13-11-17)22(28)15-34(3,30)31/h4-5,8-9,14,17-19H,6-7,10-13,15H2,1-3H3/t18-,19+/m0/s1. The Balaban J connectivity index is 1.59. The fourth-order valence-corrected chi connectivity index (χ4v) is 5.63. The number of methoxy groups -OCH3 is 2. The van der Waals surface area contributed by atoms with Crippen molar-refractivity contribution in [1.29, 1.82) is 0 Å². The van der Waals surface area contributed by atoms with Gasteiger partial charge in [0, 0.05) is 30.8 Å². The first-order chi connectivity index (χ1) is 16.2. The monoisotopic (exact) mass is 489 g/mol. The van der Waals surface area contributed by atoms with Crippen molar-refractivity contribution in [2.75, 3.05) is 39.3 Å². The quantitative estimate of drug-likeness (QED) is 0.565. The van der Waals surface area contributed by atoms with Gasteiger partial charge in [-0.05, 0) is 43.9 Å². The molecule has 0 unspecified atom stereocenters. The minimum Gasteiger partial charge on any atom is -0.493 e. The Bertz CT molecular complexity index is 1120. The Morgan fingerprint density at radius 3 is 2.32 bits per heavy atom. The number of carbonyl (C=O) groups is 2. The van der Waals surface area contributed by atoms with Crippen LogP contribution < -0.4 is 9.47 Å². The fraction of sp³-hybridized carbons (Fsp3) is 0.542. The molecule has 0 bridgehead atoms. The van der Waals surface area contributed by atoms with Gasteiger partial charge in [-0.15, -0.1) is 0 Å². The van der Waals surface area contributed by atoms with E-state index in [9.17, 15) is 18.0 Å². The van der Waals surface area contributed by atoms with E-state index in [2.05, 4.69) is 12.2 Å². The molecule has 0 saturated carbocycles. The lowest BCUT2D eigenvalue weighted by molar-refractivity contribution is -0.142. The van der Waals surface area contributed by atoms with Crippen molar-refractivity contribution in [3.05, 3.63) is 35.9 Å². The lowest BCUT2D eigenvalue weighted by Crippen LogP contribution is -2.53. The van der Waals surface area contributed by atoms with Gasteiger partial charge in [0.2, 0.25) is 11.8 Å². The van der Waals surface area contributed by atoms with Crippen LogP contribution in [0.2, 0.25) is 0 Å². The molecule has 2 amide bonds. The zero-order chi connectivity index (χ0) is 24.5. The van der Waals surface area contributed by atoms with E-state index >= 15 is 0 Å². The number of hydrogen-bond donors (Lipinski definition) is 0. The smallest absolute Gasteiger partial charge is 0.247 e. The molecule has 3 aliphatic rings. The first kappa shape index (κ1) is 24.3. The number of fused-ring (bicyclic) bond motifs is 1. The van der Waals surface area contributed by atoms with Crippen molar-refractivity contribution in [2.45, 2.75) is 31.7 Å². The number of rotatable bonds is 6. The second kappa shape index (κ2) is 9.77. The van der Waals surface area contributed by atoms with Crippen LogP contribution >= 0.6 is 0 Å². The number of hydrogen-bond acceptors (Lipinski definition) is 7. The number of hydrazone groups is 1. The summed E-state index contributed by atoms with van der Waals surface area (Å²) in [4.78, 5) is 27.3. The molecule has 0 N–H and O–H groups in total. The minimum absolute atomic E-state index is 0.0109. The highest BCUT2D eigenvalue weighted by molar-refractivity contribution is 7.91. The molecule has 9 nitrogen and oxygen atoms in total. The first-order valence-electron chi connectivity index (χ1n) is 11.5. The van der Waals surface area contributed by atoms with Crippen LogP contribution in [0.1, 0.15) is 31.2 Å². The van der Waals surface area contributed by atoms with E-state index in [0.717, 1.165) is 24.0 Å². The Morgan fingerprint density at radius 1 is 1.06 bits per heavy atom. The predicted molar refractivity (Wildman–Crippen MR) is 128 cm³/mol. The summed E-state index contributed by atoms with van der Waals surface area (Å²) in [6.45, 7) is 0.802. The predicted octanol–water partition coefficient (Wildman–Crippen LogP) is 1.87. The SMILES string of the molecule is COc1ccc(C2=NN(C3CCN(C(=O)CS(C)(=O)=O)CC3)C(=O)[C@@H]3CC=CC[C@H]23)cc1OC. The van der Waals surface area contributed by atoms with E-state index in [-0.39, 0.29) is 23.8 Å². The van der Waals surface area contributed by atoms with E-state index in [1.807, 2.05) is 18.2 Å². The molecular formula is C24H31N3O6S. The van der Waals surface area contributed by atoms with E-state index in [0.29, 0.717) is 43.9 Å². The van der Waals surface area contributed by atoms with Crippen molar-refractivity contribution >= 4 is 27.4 Å². The third-order valence-electron chi connectivity index (χ3n) is 6.77. The summed E-state index contributed by atoms with van der Waals surface area (Å²) in [6, 6.07) is 5.54. The number of sulfone groups is 1. The number of piperidine rings is 1. The third kappa shape index (κ3) is 4.96. The maximum atomic E-state index is 13.4. The molecule has 4 rings (SSSR count). The van der Waals surface area contributed by atoms with Gasteiger partial charge in [0.15, 0.2) is 21.3 Å². The molecule has 2 atom stereocenters. The molecule has 1 saturated heterocycles. The van der Waals surface area contributed by atoms with Gasteiger partial charge in [-0.2, -0.15) is 5.10 Å². The van der Waals surface area contributed by atoms with E-state index < -0.39 is 21.5 Å². The highest BCUT2D eigenvalue weighted by Crippen LogP contribution is 2.38. The van der Waals surface area contributed by atoms with Crippen LogP contribution in [0.3, 0.4) is 0 Å². The fourth-order valence-electron chi connectivity index (χ4n) is 5.00. The van der Waals surface area contributed by atoms with E-state index in [1.54, 1.807) is 24.1 Å². The van der Waals surface area contributed by atoms with Crippen molar-refractivity contribution in [2.24, 2.45) is 16.9 Å². The normalized spacial score (nSPS) is 23.4. The largest absolute Gasteiger partial charge is 0.493 e. The van der Waals surface area contributed by atoms with Gasteiger partial charge in [0.05, 0.1) is 31.9 Å². The average molecular weight is 490 g/mol. The minimum atomic E-state index is -3.38. The molecule has 34 heavy (non-hydrogen) atoms. The van der Waals surface area contributed by atoms with Crippen LogP contribution in [0, 0.1) is 11.8 Å². The highest BCUT2D eigenvalue weighted by atomic mass is 32.2. The molecule has 0 radical (unpaired) electrons. The molecule has 10 heteroatoms. The molecule has 1 aliphatic carbocycles. The summed E-state index contributed by atoms with van der Waals surface area (Å²) in [5, 5.41) is 6.49. The molecule has 1 aromatic rings. The van der Waals surface area contributed by atoms with Crippen LogP contribution in [-0.2, 0) is 19.4 Å². The molecular weight excluding hydrogens is 458 g/mol. The zero-order valence-electron chi connectivity index (χ0n) is 19.8. The van der Waals surface area contributed by atoms with Gasteiger partial charge in [-0.3, -0.25) is 9.59 Å². The van der Waals surface area contributed by atoms with Crippen molar-refractivity contribution in [3.63, 3.8) is 0 Å². The number of amides is 2. The number of carbonyl (C=O) groups excluding carboxylic acids is 2.